The van der Waals surface area contributed by atoms with E-state index in [1.54, 1.807) is 0 Å². The molecule has 46 valence electrons. The average Bonchev–Trinajstić information content (AvgIpc) is 1.69. The summed E-state index contributed by atoms with van der Waals surface area (Å²) in [6.07, 6.45) is 5.78. The number of unbranched alkanes of at least 4 members (excludes halogenated alkanes) is 3. The largest absolute Gasteiger partial charge is 0.211 e. The summed E-state index contributed by atoms with van der Waals surface area (Å²) < 4.78 is 0. The summed E-state index contributed by atoms with van der Waals surface area (Å²) >= 11 is 1.41. The van der Waals surface area contributed by atoms with Crippen LogP contribution in [0.25, 0.3) is 0 Å². The van der Waals surface area contributed by atoms with Crippen molar-refractivity contribution in [2.75, 3.05) is 0 Å². The summed E-state index contributed by atoms with van der Waals surface area (Å²) in [5.74, 6) is 0. The molecule has 0 nitrogen and oxygen atoms in total. The molecule has 0 spiro atoms. The normalized spacial score (nSPS) is 9.29. The molecule has 0 aromatic carbocycles. The quantitative estimate of drug-likeness (QED) is 0.392. The lowest BCUT2D eigenvalue weighted by Crippen LogP contribution is -1.72. The minimum absolute atomic E-state index is 0. The van der Waals surface area contributed by atoms with E-state index >= 15 is 0 Å². The predicted octanol–water partition coefficient (Wildman–Crippen LogP) is 2.11. The summed E-state index contributed by atoms with van der Waals surface area (Å²) in [6, 6.07) is 0. The van der Waals surface area contributed by atoms with Crippen LogP contribution in [0.5, 0.6) is 0 Å². The molecule has 0 rings (SSSR count). The Morgan fingerprint density at radius 3 is 2.43 bits per heavy atom. The first-order chi connectivity index (χ1) is 3.41. The molecule has 0 aliphatic heterocycles. The Balaban J connectivity index is -0.000000180. The van der Waals surface area contributed by atoms with Gasteiger partial charge in [0.2, 0.25) is 16.3 Å². The average molecular weight is 118 g/mol. The molecular formula is C6H19Al. The summed E-state index contributed by atoms with van der Waals surface area (Å²) in [5.41, 5.74) is 0. The molecule has 0 radical (unpaired) electrons. The van der Waals surface area contributed by atoms with Crippen LogP contribution in [0.15, 0.2) is 0 Å². The van der Waals surface area contributed by atoms with E-state index < -0.39 is 0 Å². The zero-order valence-corrected chi connectivity index (χ0v) is 7.54. The Bertz CT molecular complexity index is 30.2. The maximum Gasteiger partial charge on any atom is 0.211 e. The second-order valence-electron chi connectivity index (χ2n) is 2.06. The van der Waals surface area contributed by atoms with Gasteiger partial charge in [-0.2, -0.15) is 0 Å². The molecule has 0 fully saturated rings. The topological polar surface area (TPSA) is 0 Å². The zero-order valence-electron chi connectivity index (χ0n) is 5.54. The molecule has 0 heterocycles. The van der Waals surface area contributed by atoms with Crippen molar-refractivity contribution in [3.05, 3.63) is 0 Å². The molecule has 0 aliphatic carbocycles. The Morgan fingerprint density at radius 2 is 2.00 bits per heavy atom. The van der Waals surface area contributed by atoms with Crippen LogP contribution < -0.4 is 0 Å². The van der Waals surface area contributed by atoms with E-state index in [9.17, 15) is 0 Å². The molecule has 0 aromatic rings. The number of rotatable bonds is 4. The smallest absolute Gasteiger partial charge is 0.101 e. The molecule has 0 bridgehead atoms. The second kappa shape index (κ2) is 6.53. The van der Waals surface area contributed by atoms with Crippen LogP contribution in [0.2, 0.25) is 5.28 Å². The lowest BCUT2D eigenvalue weighted by molar-refractivity contribution is 0.701. The molecule has 1 heteroatoms. The van der Waals surface area contributed by atoms with Crippen molar-refractivity contribution in [2.45, 2.75) is 37.9 Å². The molecule has 0 atom stereocenters. The van der Waals surface area contributed by atoms with Gasteiger partial charge in [-0.05, 0) is 0 Å². The van der Waals surface area contributed by atoms with E-state index in [4.69, 9.17) is 0 Å². The van der Waals surface area contributed by atoms with Crippen molar-refractivity contribution >= 4 is 16.3 Å². The van der Waals surface area contributed by atoms with E-state index in [-0.39, 0.29) is 2.85 Å². The minimum Gasteiger partial charge on any atom is -0.101 e. The highest BCUT2D eigenvalue weighted by atomic mass is 27.0. The highest BCUT2D eigenvalue weighted by molar-refractivity contribution is 6.08. The molecule has 0 aromatic heterocycles. The predicted molar refractivity (Wildman–Crippen MR) is 41.7 cm³/mol. The Kier molecular flexibility index (Phi) is 7.03. The van der Waals surface area contributed by atoms with Crippen molar-refractivity contribution in [1.82, 2.24) is 0 Å². The molecule has 0 aliphatic rings. The van der Waals surface area contributed by atoms with Crippen molar-refractivity contribution in [1.29, 1.82) is 0 Å². The first kappa shape index (κ1) is 7.53. The fourth-order valence-electron chi connectivity index (χ4n) is 0.677. The summed E-state index contributed by atoms with van der Waals surface area (Å²) in [4.78, 5) is 0. The SMILES string of the molecule is CCCCC[CH2][AlH2].[HH].[HH]. The molecule has 0 N–H and O–H groups in total. The van der Waals surface area contributed by atoms with Crippen molar-refractivity contribution in [2.24, 2.45) is 0 Å². The minimum atomic E-state index is 0. The third-order valence-electron chi connectivity index (χ3n) is 1.21. The van der Waals surface area contributed by atoms with Crippen LogP contribution in [-0.4, -0.2) is 16.3 Å². The number of hydrogen-bond donors (Lipinski definition) is 0. The van der Waals surface area contributed by atoms with Crippen LogP contribution in [0.4, 0.5) is 0 Å². The van der Waals surface area contributed by atoms with E-state index in [2.05, 4.69) is 6.92 Å². The first-order valence-corrected chi connectivity index (χ1v) is 4.83. The van der Waals surface area contributed by atoms with Gasteiger partial charge in [0, 0.05) is 2.85 Å². The van der Waals surface area contributed by atoms with Crippen LogP contribution in [0.1, 0.15) is 35.5 Å². The van der Waals surface area contributed by atoms with Gasteiger partial charge in [0.15, 0.2) is 0 Å². The van der Waals surface area contributed by atoms with E-state index in [1.807, 2.05) is 0 Å². The van der Waals surface area contributed by atoms with Crippen LogP contribution >= 0.6 is 0 Å². The fraction of sp³-hybridized carbons (Fsp3) is 1.00. The van der Waals surface area contributed by atoms with Crippen LogP contribution in [-0.2, 0) is 0 Å². The molecule has 0 amide bonds. The second-order valence-corrected chi connectivity index (χ2v) is 3.06. The molecule has 7 heavy (non-hydrogen) atoms. The summed E-state index contributed by atoms with van der Waals surface area (Å²) in [6.45, 7) is 2.26. The van der Waals surface area contributed by atoms with Gasteiger partial charge in [0.25, 0.3) is 0 Å². The van der Waals surface area contributed by atoms with Crippen LogP contribution in [0, 0.1) is 0 Å². The standard InChI is InChI=1S/C6H13.Al.2H2.2H/c1-3-5-6-4-2;;;;;/h1,3-6H2,2H3;;2*1H;;. The van der Waals surface area contributed by atoms with Gasteiger partial charge >= 0.3 is 0 Å². The maximum atomic E-state index is 2.26. The van der Waals surface area contributed by atoms with E-state index in [1.165, 1.54) is 47.3 Å². The van der Waals surface area contributed by atoms with E-state index in [0.717, 1.165) is 0 Å². The van der Waals surface area contributed by atoms with Gasteiger partial charge in [-0.25, -0.2) is 0 Å². The van der Waals surface area contributed by atoms with Gasteiger partial charge in [-0.1, -0.05) is 32.6 Å². The highest BCUT2D eigenvalue weighted by Gasteiger charge is 1.80. The Hall–Kier alpha value is 0.532. The van der Waals surface area contributed by atoms with Gasteiger partial charge in [-0.15, -0.1) is 5.28 Å². The maximum absolute atomic E-state index is 2.26. The van der Waals surface area contributed by atoms with Crippen molar-refractivity contribution < 1.29 is 2.85 Å². The van der Waals surface area contributed by atoms with Crippen LogP contribution in [0.3, 0.4) is 0 Å². The lowest BCUT2D eigenvalue weighted by atomic mass is 10.2. The van der Waals surface area contributed by atoms with Crippen molar-refractivity contribution in [3.63, 3.8) is 0 Å². The third-order valence-corrected chi connectivity index (χ3v) is 1.91. The van der Waals surface area contributed by atoms with Crippen molar-refractivity contribution in [3.8, 4) is 0 Å². The van der Waals surface area contributed by atoms with Gasteiger partial charge in [0.1, 0.15) is 0 Å². The fourth-order valence-corrected chi connectivity index (χ4v) is 1.18. The third kappa shape index (κ3) is 6.53. The highest BCUT2D eigenvalue weighted by Crippen LogP contribution is 1.99. The zero-order chi connectivity index (χ0) is 5.54. The van der Waals surface area contributed by atoms with Gasteiger partial charge in [-0.3, -0.25) is 0 Å². The first-order valence-electron chi connectivity index (χ1n) is 3.41. The summed E-state index contributed by atoms with van der Waals surface area (Å²) in [7, 11) is 0. The molecule has 0 saturated heterocycles. The van der Waals surface area contributed by atoms with Gasteiger partial charge in [0.05, 0.1) is 0 Å². The monoisotopic (exact) mass is 118 g/mol. The lowest BCUT2D eigenvalue weighted by Gasteiger charge is -1.90. The Morgan fingerprint density at radius 1 is 1.29 bits per heavy atom. The number of hydrogen-bond acceptors (Lipinski definition) is 0. The summed E-state index contributed by atoms with van der Waals surface area (Å²) in [5, 5.41) is 1.50. The molecular weight excluding hydrogens is 99.0 g/mol. The molecule has 0 unspecified atom stereocenters. The van der Waals surface area contributed by atoms with E-state index in [0.29, 0.717) is 0 Å². The molecule has 0 saturated carbocycles. The Labute approximate surface area is 57.7 Å². The van der Waals surface area contributed by atoms with Gasteiger partial charge < -0.3 is 0 Å².